The van der Waals surface area contributed by atoms with Gasteiger partial charge >= 0.3 is 0 Å². The second-order valence-electron chi connectivity index (χ2n) is 6.71. The van der Waals surface area contributed by atoms with E-state index in [2.05, 4.69) is 39.3 Å². The molecule has 3 N–H and O–H groups in total. The van der Waals surface area contributed by atoms with Crippen LogP contribution in [0.5, 0.6) is 0 Å². The van der Waals surface area contributed by atoms with Crippen molar-refractivity contribution in [1.82, 2.24) is 19.9 Å². The number of nitrogen functional groups attached to an aromatic ring is 1. The van der Waals surface area contributed by atoms with Gasteiger partial charge in [-0.2, -0.15) is 0 Å². The second kappa shape index (κ2) is 4.51. The molecule has 21 heavy (non-hydrogen) atoms. The van der Waals surface area contributed by atoms with Crippen LogP contribution in [0.15, 0.2) is 6.20 Å². The number of hydrogen-bond acceptors (Lipinski definition) is 7. The van der Waals surface area contributed by atoms with Crippen LogP contribution in [0.25, 0.3) is 10.3 Å². The Balaban J connectivity index is 1.37. The van der Waals surface area contributed by atoms with Crippen LogP contribution in [0.3, 0.4) is 0 Å². The van der Waals surface area contributed by atoms with Gasteiger partial charge in [0.2, 0.25) is 5.95 Å². The van der Waals surface area contributed by atoms with Crippen molar-refractivity contribution in [3.8, 4) is 0 Å². The number of fused-ring (bicyclic) bond motifs is 1. The number of nitrogens with zero attached hydrogens (tertiary/aromatic N) is 4. The van der Waals surface area contributed by atoms with Crippen molar-refractivity contribution < 1.29 is 0 Å². The van der Waals surface area contributed by atoms with Gasteiger partial charge in [-0.3, -0.25) is 0 Å². The minimum Gasteiger partial charge on any atom is -0.375 e. The number of nitrogens with one attached hydrogen (secondary N) is 1. The highest BCUT2D eigenvalue weighted by Crippen LogP contribution is 2.57. The fourth-order valence-electron chi connectivity index (χ4n) is 3.73. The Kier molecular flexibility index (Phi) is 2.84. The summed E-state index contributed by atoms with van der Waals surface area (Å²) in [5, 5.41) is 3.99. The van der Waals surface area contributed by atoms with Crippen molar-refractivity contribution in [2.45, 2.75) is 37.8 Å². The normalized spacial score (nSPS) is 31.4. The van der Waals surface area contributed by atoms with Gasteiger partial charge in [-0.15, -0.1) is 0 Å². The number of thiazole rings is 1. The third-order valence-corrected chi connectivity index (χ3v) is 5.72. The molecule has 4 rings (SSSR count). The van der Waals surface area contributed by atoms with Crippen LogP contribution in [-0.2, 0) is 0 Å². The molecule has 0 saturated heterocycles. The number of aromatic nitrogens is 3. The van der Waals surface area contributed by atoms with E-state index in [4.69, 9.17) is 5.73 Å². The van der Waals surface area contributed by atoms with Crippen LogP contribution in [0.2, 0.25) is 0 Å². The minimum atomic E-state index is 0.510. The molecule has 2 aromatic rings. The number of hydrogen-bond donors (Lipinski definition) is 2. The molecule has 2 fully saturated rings. The topological polar surface area (TPSA) is 80.0 Å². The van der Waals surface area contributed by atoms with E-state index >= 15 is 0 Å². The molecule has 2 aromatic heterocycles. The average molecular weight is 304 g/mol. The van der Waals surface area contributed by atoms with E-state index in [0.717, 1.165) is 16.4 Å². The van der Waals surface area contributed by atoms with E-state index in [9.17, 15) is 0 Å². The first kappa shape index (κ1) is 13.2. The molecule has 0 aromatic carbocycles. The van der Waals surface area contributed by atoms with Gasteiger partial charge in [-0.05, 0) is 45.2 Å². The van der Waals surface area contributed by atoms with Crippen molar-refractivity contribution in [3.05, 3.63) is 6.20 Å². The molecule has 2 aliphatic rings. The lowest BCUT2D eigenvalue weighted by Crippen LogP contribution is -2.58. The molecule has 0 radical (unpaired) electrons. The molecule has 0 unspecified atom stereocenters. The summed E-state index contributed by atoms with van der Waals surface area (Å²) in [4.78, 5) is 16.2. The van der Waals surface area contributed by atoms with E-state index in [1.54, 1.807) is 6.20 Å². The SMILES string of the molecule is CN(C)C1CC2(CC(Nc3ncc4nc(N)sc4n3)C2)C1. The van der Waals surface area contributed by atoms with Gasteiger partial charge < -0.3 is 16.0 Å². The molecule has 0 amide bonds. The Bertz CT molecular complexity index is 667. The number of nitrogens with two attached hydrogens (primary N) is 1. The first-order valence-corrected chi connectivity index (χ1v) is 8.17. The maximum atomic E-state index is 5.69. The van der Waals surface area contributed by atoms with Gasteiger partial charge in [-0.25, -0.2) is 15.0 Å². The van der Waals surface area contributed by atoms with Crippen molar-refractivity contribution in [2.75, 3.05) is 25.1 Å². The highest BCUT2D eigenvalue weighted by Gasteiger charge is 2.53. The summed E-state index contributed by atoms with van der Waals surface area (Å²) < 4.78 is 0. The van der Waals surface area contributed by atoms with Crippen molar-refractivity contribution in [1.29, 1.82) is 0 Å². The molecule has 7 heteroatoms. The largest absolute Gasteiger partial charge is 0.375 e. The zero-order valence-electron chi connectivity index (χ0n) is 12.3. The molecule has 0 atom stereocenters. The fourth-order valence-corrected chi connectivity index (χ4v) is 4.41. The second-order valence-corrected chi connectivity index (χ2v) is 7.72. The van der Waals surface area contributed by atoms with Gasteiger partial charge in [0.25, 0.3) is 0 Å². The molecule has 0 aliphatic heterocycles. The van der Waals surface area contributed by atoms with Gasteiger partial charge in [0.05, 0.1) is 6.20 Å². The lowest BCUT2D eigenvalue weighted by atomic mass is 9.52. The zero-order valence-corrected chi connectivity index (χ0v) is 13.2. The monoisotopic (exact) mass is 304 g/mol. The summed E-state index contributed by atoms with van der Waals surface area (Å²) >= 11 is 1.41. The summed E-state index contributed by atoms with van der Waals surface area (Å²) in [6.45, 7) is 0. The minimum absolute atomic E-state index is 0.510. The Morgan fingerprint density at radius 1 is 1.29 bits per heavy atom. The number of anilines is 2. The fraction of sp³-hybridized carbons (Fsp3) is 0.643. The Morgan fingerprint density at radius 2 is 2.05 bits per heavy atom. The van der Waals surface area contributed by atoms with Crippen molar-refractivity contribution in [2.24, 2.45) is 5.41 Å². The first-order chi connectivity index (χ1) is 10.0. The predicted octanol–water partition coefficient (Wildman–Crippen LogP) is 1.95. The van der Waals surface area contributed by atoms with E-state index in [0.29, 0.717) is 22.5 Å². The Labute approximate surface area is 127 Å². The maximum Gasteiger partial charge on any atom is 0.224 e. The standard InChI is InChI=1S/C14H20N6S/c1-20(2)9-5-14(6-9)3-8(4-14)17-13-16-7-10-11(19-13)21-12(15)18-10/h7-9H,3-6H2,1-2H3,(H2,15,18)(H,16,17,19). The van der Waals surface area contributed by atoms with Crippen LogP contribution in [0.4, 0.5) is 11.1 Å². The van der Waals surface area contributed by atoms with Gasteiger partial charge in [0, 0.05) is 12.1 Å². The van der Waals surface area contributed by atoms with Crippen LogP contribution < -0.4 is 11.1 Å². The average Bonchev–Trinajstić information content (AvgIpc) is 2.69. The summed E-state index contributed by atoms with van der Waals surface area (Å²) in [6.07, 6.45) is 6.90. The first-order valence-electron chi connectivity index (χ1n) is 7.35. The number of rotatable bonds is 3. The molecule has 2 aliphatic carbocycles. The molecular formula is C14H20N6S. The summed E-state index contributed by atoms with van der Waals surface area (Å²) in [7, 11) is 4.35. The maximum absolute atomic E-state index is 5.69. The zero-order chi connectivity index (χ0) is 14.6. The van der Waals surface area contributed by atoms with E-state index in [-0.39, 0.29) is 0 Å². The molecule has 112 valence electrons. The molecule has 6 nitrogen and oxygen atoms in total. The van der Waals surface area contributed by atoms with Crippen LogP contribution in [-0.4, -0.2) is 46.0 Å². The summed E-state index contributed by atoms with van der Waals surface area (Å²) in [6, 6.07) is 1.29. The Morgan fingerprint density at radius 3 is 2.76 bits per heavy atom. The smallest absolute Gasteiger partial charge is 0.224 e. The van der Waals surface area contributed by atoms with Crippen LogP contribution >= 0.6 is 11.3 Å². The van der Waals surface area contributed by atoms with Gasteiger partial charge in [0.15, 0.2) is 9.96 Å². The molecule has 2 saturated carbocycles. The third-order valence-electron chi connectivity index (χ3n) is 4.93. The van der Waals surface area contributed by atoms with Gasteiger partial charge in [0.1, 0.15) is 5.52 Å². The van der Waals surface area contributed by atoms with Crippen molar-refractivity contribution in [3.63, 3.8) is 0 Å². The third kappa shape index (κ3) is 2.24. The van der Waals surface area contributed by atoms with E-state index in [1.807, 2.05) is 0 Å². The van der Waals surface area contributed by atoms with E-state index in [1.165, 1.54) is 37.0 Å². The van der Waals surface area contributed by atoms with Crippen LogP contribution in [0.1, 0.15) is 25.7 Å². The Hall–Kier alpha value is -1.47. The predicted molar refractivity (Wildman–Crippen MR) is 85.4 cm³/mol. The van der Waals surface area contributed by atoms with Crippen molar-refractivity contribution >= 4 is 32.8 Å². The summed E-state index contributed by atoms with van der Waals surface area (Å²) in [5.41, 5.74) is 7.06. The highest BCUT2D eigenvalue weighted by molar-refractivity contribution is 7.21. The molecular weight excluding hydrogens is 284 g/mol. The quantitative estimate of drug-likeness (QED) is 0.902. The van der Waals surface area contributed by atoms with E-state index < -0.39 is 0 Å². The lowest BCUT2D eigenvalue weighted by molar-refractivity contribution is -0.0468. The van der Waals surface area contributed by atoms with Gasteiger partial charge in [-0.1, -0.05) is 11.3 Å². The lowest BCUT2D eigenvalue weighted by Gasteiger charge is -2.59. The molecule has 1 spiro atoms. The van der Waals surface area contributed by atoms with Crippen LogP contribution in [0, 0.1) is 5.41 Å². The molecule has 2 heterocycles. The molecule has 0 bridgehead atoms. The summed E-state index contributed by atoms with van der Waals surface area (Å²) in [5.74, 6) is 0.703. The highest BCUT2D eigenvalue weighted by atomic mass is 32.1.